The average Bonchev–Trinajstić information content (AvgIpc) is 2.83. The average molecular weight is 268 g/mol. The van der Waals surface area contributed by atoms with Crippen molar-refractivity contribution in [2.45, 2.75) is 25.1 Å². The third-order valence-corrected chi connectivity index (χ3v) is 4.42. The molecule has 2 saturated heterocycles. The summed E-state index contributed by atoms with van der Waals surface area (Å²) < 4.78 is 5.47. The van der Waals surface area contributed by atoms with Gasteiger partial charge in [-0.2, -0.15) is 0 Å². The minimum absolute atomic E-state index is 0.425. The smallest absolute Gasteiger partial charge is 0.147 e. The van der Waals surface area contributed by atoms with Gasteiger partial charge in [-0.1, -0.05) is 0 Å². The fraction of sp³-hybridized carbons (Fsp3) is 0.692. The fourth-order valence-corrected chi connectivity index (χ4v) is 3.06. The SMILES string of the molecule is ClCc1cnc(N2CCC3(CCOCC3)C2)cn1. The molecule has 2 aliphatic rings. The van der Waals surface area contributed by atoms with Crippen molar-refractivity contribution in [1.82, 2.24) is 9.97 Å². The second kappa shape index (κ2) is 5.02. The number of hydrogen-bond donors (Lipinski definition) is 0. The van der Waals surface area contributed by atoms with Gasteiger partial charge >= 0.3 is 0 Å². The molecule has 1 aromatic rings. The second-order valence-electron chi connectivity index (χ2n) is 5.28. The van der Waals surface area contributed by atoms with E-state index in [4.69, 9.17) is 16.3 Å². The lowest BCUT2D eigenvalue weighted by Crippen LogP contribution is -2.33. The Kier molecular flexibility index (Phi) is 3.39. The fourth-order valence-electron chi connectivity index (χ4n) is 2.92. The molecular formula is C13H18ClN3O. The largest absolute Gasteiger partial charge is 0.381 e. The molecule has 3 heterocycles. The Morgan fingerprint density at radius 2 is 2.06 bits per heavy atom. The van der Waals surface area contributed by atoms with Crippen molar-refractivity contribution in [3.05, 3.63) is 18.1 Å². The molecule has 0 radical (unpaired) electrons. The molecule has 0 unspecified atom stereocenters. The molecule has 0 aliphatic carbocycles. The van der Waals surface area contributed by atoms with Crippen molar-refractivity contribution in [1.29, 1.82) is 0 Å². The maximum absolute atomic E-state index is 5.73. The maximum atomic E-state index is 5.73. The van der Waals surface area contributed by atoms with Crippen LogP contribution in [0.1, 0.15) is 25.0 Å². The zero-order chi connectivity index (χ0) is 12.4. The highest BCUT2D eigenvalue weighted by Gasteiger charge is 2.39. The molecule has 1 spiro atoms. The van der Waals surface area contributed by atoms with Gasteiger partial charge in [0, 0.05) is 26.3 Å². The molecule has 2 fully saturated rings. The molecule has 0 saturated carbocycles. The van der Waals surface area contributed by atoms with Gasteiger partial charge in [0.05, 0.1) is 24.0 Å². The summed E-state index contributed by atoms with van der Waals surface area (Å²) in [5.41, 5.74) is 1.28. The molecule has 4 nitrogen and oxygen atoms in total. The van der Waals surface area contributed by atoms with E-state index in [1.54, 1.807) is 6.20 Å². The molecule has 0 bridgehead atoms. The predicted molar refractivity (Wildman–Crippen MR) is 70.9 cm³/mol. The van der Waals surface area contributed by atoms with Crippen LogP contribution in [0.2, 0.25) is 0 Å². The first-order valence-electron chi connectivity index (χ1n) is 6.51. The van der Waals surface area contributed by atoms with E-state index in [0.717, 1.165) is 37.8 Å². The quantitative estimate of drug-likeness (QED) is 0.770. The lowest BCUT2D eigenvalue weighted by Gasteiger charge is -2.33. The first-order chi connectivity index (χ1) is 8.81. The van der Waals surface area contributed by atoms with E-state index in [1.165, 1.54) is 19.3 Å². The summed E-state index contributed by atoms with van der Waals surface area (Å²) >= 11 is 5.73. The van der Waals surface area contributed by atoms with Crippen molar-refractivity contribution in [3.63, 3.8) is 0 Å². The molecular weight excluding hydrogens is 250 g/mol. The van der Waals surface area contributed by atoms with Crippen LogP contribution in [0.25, 0.3) is 0 Å². The van der Waals surface area contributed by atoms with Gasteiger partial charge in [0.15, 0.2) is 0 Å². The normalized spacial score (nSPS) is 22.6. The van der Waals surface area contributed by atoms with Gasteiger partial charge in [0.2, 0.25) is 0 Å². The molecule has 2 aliphatic heterocycles. The highest BCUT2D eigenvalue weighted by molar-refractivity contribution is 6.16. The first kappa shape index (κ1) is 12.2. The van der Waals surface area contributed by atoms with E-state index in [1.807, 2.05) is 6.20 Å². The Labute approximate surface area is 112 Å². The predicted octanol–water partition coefficient (Wildman–Crippen LogP) is 2.22. The van der Waals surface area contributed by atoms with Crippen LogP contribution in [0.4, 0.5) is 5.82 Å². The first-order valence-corrected chi connectivity index (χ1v) is 7.04. The molecule has 5 heteroatoms. The summed E-state index contributed by atoms with van der Waals surface area (Å²) in [4.78, 5) is 11.1. The molecule has 0 N–H and O–H groups in total. The molecule has 0 amide bonds. The zero-order valence-corrected chi connectivity index (χ0v) is 11.2. The number of ether oxygens (including phenoxy) is 1. The molecule has 0 aromatic carbocycles. The minimum Gasteiger partial charge on any atom is -0.381 e. The van der Waals surface area contributed by atoms with Crippen LogP contribution >= 0.6 is 11.6 Å². The third-order valence-electron chi connectivity index (χ3n) is 4.14. The number of rotatable bonds is 2. The number of hydrogen-bond acceptors (Lipinski definition) is 4. The Balaban J connectivity index is 1.70. The van der Waals surface area contributed by atoms with Crippen molar-refractivity contribution in [2.24, 2.45) is 5.41 Å². The summed E-state index contributed by atoms with van der Waals surface area (Å²) in [6.07, 6.45) is 7.22. The van der Waals surface area contributed by atoms with Gasteiger partial charge in [0.1, 0.15) is 5.82 Å². The van der Waals surface area contributed by atoms with Gasteiger partial charge < -0.3 is 9.64 Å². The van der Waals surface area contributed by atoms with Crippen LogP contribution < -0.4 is 4.90 Å². The molecule has 0 atom stereocenters. The Morgan fingerprint density at radius 1 is 1.22 bits per heavy atom. The van der Waals surface area contributed by atoms with E-state index in [9.17, 15) is 0 Å². The van der Waals surface area contributed by atoms with Crippen molar-refractivity contribution in [3.8, 4) is 0 Å². The third kappa shape index (κ3) is 2.31. The van der Waals surface area contributed by atoms with Gasteiger partial charge in [-0.05, 0) is 24.7 Å². The van der Waals surface area contributed by atoms with Crippen molar-refractivity contribution < 1.29 is 4.74 Å². The van der Waals surface area contributed by atoms with Crippen LogP contribution in [0.15, 0.2) is 12.4 Å². The van der Waals surface area contributed by atoms with Crippen molar-refractivity contribution in [2.75, 3.05) is 31.2 Å². The Morgan fingerprint density at radius 3 is 2.72 bits per heavy atom. The van der Waals surface area contributed by atoms with Crippen LogP contribution in [0.5, 0.6) is 0 Å². The number of anilines is 1. The van der Waals surface area contributed by atoms with Crippen molar-refractivity contribution >= 4 is 17.4 Å². The maximum Gasteiger partial charge on any atom is 0.147 e. The summed E-state index contributed by atoms with van der Waals surface area (Å²) in [7, 11) is 0. The summed E-state index contributed by atoms with van der Waals surface area (Å²) in [6.45, 7) is 3.98. The number of halogens is 1. The van der Waals surface area contributed by atoms with Gasteiger partial charge in [-0.15, -0.1) is 11.6 Å². The van der Waals surface area contributed by atoms with Crippen LogP contribution in [0, 0.1) is 5.41 Å². The minimum atomic E-state index is 0.425. The van der Waals surface area contributed by atoms with E-state index >= 15 is 0 Å². The lowest BCUT2D eigenvalue weighted by atomic mass is 9.80. The summed E-state index contributed by atoms with van der Waals surface area (Å²) in [6, 6.07) is 0. The van der Waals surface area contributed by atoms with E-state index in [0.29, 0.717) is 11.3 Å². The monoisotopic (exact) mass is 267 g/mol. The standard InChI is InChI=1S/C13H18ClN3O/c14-7-11-8-16-12(9-15-11)17-4-1-13(10-17)2-5-18-6-3-13/h8-9H,1-7,10H2. The molecule has 98 valence electrons. The zero-order valence-electron chi connectivity index (χ0n) is 10.4. The number of alkyl halides is 1. The topological polar surface area (TPSA) is 38.2 Å². The van der Waals surface area contributed by atoms with Gasteiger partial charge in [-0.25, -0.2) is 4.98 Å². The summed E-state index contributed by atoms with van der Waals surface area (Å²) in [5.74, 6) is 1.40. The van der Waals surface area contributed by atoms with E-state index in [2.05, 4.69) is 14.9 Å². The number of nitrogens with zero attached hydrogens (tertiary/aromatic N) is 3. The molecule has 3 rings (SSSR count). The van der Waals surface area contributed by atoms with Gasteiger partial charge in [-0.3, -0.25) is 4.98 Å². The van der Waals surface area contributed by atoms with E-state index in [-0.39, 0.29) is 0 Å². The molecule has 1 aromatic heterocycles. The summed E-state index contributed by atoms with van der Waals surface area (Å²) in [5, 5.41) is 0. The number of aromatic nitrogens is 2. The molecule has 18 heavy (non-hydrogen) atoms. The Hall–Kier alpha value is -0.870. The Bertz CT molecular complexity index is 403. The van der Waals surface area contributed by atoms with Crippen LogP contribution in [-0.2, 0) is 10.6 Å². The van der Waals surface area contributed by atoms with Gasteiger partial charge in [0.25, 0.3) is 0 Å². The lowest BCUT2D eigenvalue weighted by molar-refractivity contribution is 0.0254. The second-order valence-corrected chi connectivity index (χ2v) is 5.55. The van der Waals surface area contributed by atoms with Crippen LogP contribution in [0.3, 0.4) is 0 Å². The van der Waals surface area contributed by atoms with Crippen LogP contribution in [-0.4, -0.2) is 36.3 Å². The highest BCUT2D eigenvalue weighted by Crippen LogP contribution is 2.40. The van der Waals surface area contributed by atoms with E-state index < -0.39 is 0 Å². The highest BCUT2D eigenvalue weighted by atomic mass is 35.5.